The Labute approximate surface area is 128 Å². The second-order valence-corrected chi connectivity index (χ2v) is 5.50. The highest BCUT2D eigenvalue weighted by molar-refractivity contribution is 5.77. The van der Waals surface area contributed by atoms with E-state index in [0.29, 0.717) is 5.69 Å². The summed E-state index contributed by atoms with van der Waals surface area (Å²) in [6.07, 6.45) is 0. The molecule has 3 aromatic rings. The van der Waals surface area contributed by atoms with Crippen molar-refractivity contribution in [2.75, 3.05) is 36.0 Å². The lowest BCUT2D eigenvalue weighted by Gasteiger charge is -2.36. The van der Waals surface area contributed by atoms with E-state index in [1.165, 1.54) is 6.07 Å². The molecule has 1 aliphatic heterocycles. The quantitative estimate of drug-likeness (QED) is 0.789. The Balaban J connectivity index is 1.51. The molecular formula is C17H17FN4. The lowest BCUT2D eigenvalue weighted by molar-refractivity contribution is 0.595. The number of benzene rings is 2. The third-order valence-electron chi connectivity index (χ3n) is 4.15. The van der Waals surface area contributed by atoms with E-state index in [2.05, 4.69) is 19.8 Å². The van der Waals surface area contributed by atoms with E-state index < -0.39 is 0 Å². The Morgan fingerprint density at radius 1 is 0.864 bits per heavy atom. The van der Waals surface area contributed by atoms with Crippen LogP contribution in [-0.2, 0) is 0 Å². The van der Waals surface area contributed by atoms with E-state index in [0.717, 1.165) is 43.2 Å². The van der Waals surface area contributed by atoms with Gasteiger partial charge in [0.25, 0.3) is 0 Å². The maximum absolute atomic E-state index is 13.9. The summed E-state index contributed by atoms with van der Waals surface area (Å²) >= 11 is 0. The summed E-state index contributed by atoms with van der Waals surface area (Å²) in [6, 6.07) is 15.0. The second-order valence-electron chi connectivity index (χ2n) is 5.50. The van der Waals surface area contributed by atoms with E-state index >= 15 is 0 Å². The van der Waals surface area contributed by atoms with Gasteiger partial charge in [-0.15, -0.1) is 0 Å². The minimum atomic E-state index is -0.153. The summed E-state index contributed by atoms with van der Waals surface area (Å²) in [5.74, 6) is 0.745. The van der Waals surface area contributed by atoms with Gasteiger partial charge in [-0.3, -0.25) is 0 Å². The van der Waals surface area contributed by atoms with Gasteiger partial charge < -0.3 is 14.8 Å². The maximum Gasteiger partial charge on any atom is 0.203 e. The van der Waals surface area contributed by atoms with Gasteiger partial charge in [-0.05, 0) is 24.3 Å². The minimum Gasteiger partial charge on any atom is -0.366 e. The van der Waals surface area contributed by atoms with Crippen LogP contribution in [0.4, 0.5) is 16.0 Å². The Morgan fingerprint density at radius 3 is 2.32 bits per heavy atom. The van der Waals surface area contributed by atoms with E-state index in [1.54, 1.807) is 6.07 Å². The topological polar surface area (TPSA) is 35.2 Å². The van der Waals surface area contributed by atoms with Crippen molar-refractivity contribution >= 4 is 22.7 Å². The van der Waals surface area contributed by atoms with Crippen molar-refractivity contribution in [3.8, 4) is 0 Å². The fourth-order valence-electron chi connectivity index (χ4n) is 2.96. The zero-order chi connectivity index (χ0) is 14.9. The smallest absolute Gasteiger partial charge is 0.203 e. The molecule has 2 aromatic carbocycles. The van der Waals surface area contributed by atoms with Gasteiger partial charge in [-0.1, -0.05) is 24.3 Å². The van der Waals surface area contributed by atoms with Crippen molar-refractivity contribution in [2.24, 2.45) is 0 Å². The first-order valence-electron chi connectivity index (χ1n) is 7.50. The van der Waals surface area contributed by atoms with Gasteiger partial charge >= 0.3 is 0 Å². The molecule has 22 heavy (non-hydrogen) atoms. The molecule has 1 saturated heterocycles. The Kier molecular flexibility index (Phi) is 3.18. The number of nitrogens with one attached hydrogen (secondary N) is 1. The van der Waals surface area contributed by atoms with Gasteiger partial charge in [-0.2, -0.15) is 0 Å². The molecule has 1 fully saturated rings. The third-order valence-corrected chi connectivity index (χ3v) is 4.15. The van der Waals surface area contributed by atoms with Gasteiger partial charge in [0.2, 0.25) is 5.95 Å². The average Bonchev–Trinajstić information content (AvgIpc) is 2.99. The Hall–Kier alpha value is -2.56. The highest BCUT2D eigenvalue weighted by atomic mass is 19.1. The molecule has 0 saturated carbocycles. The number of halogens is 1. The maximum atomic E-state index is 13.9. The van der Waals surface area contributed by atoms with Crippen LogP contribution in [0, 0.1) is 5.82 Å². The van der Waals surface area contributed by atoms with Crippen LogP contribution in [0.3, 0.4) is 0 Å². The predicted octanol–water partition coefficient (Wildman–Crippen LogP) is 3.03. The normalized spacial score (nSPS) is 15.5. The number of anilines is 2. The number of hydrogen-bond acceptors (Lipinski definition) is 3. The lowest BCUT2D eigenvalue weighted by Crippen LogP contribution is -2.47. The van der Waals surface area contributed by atoms with Crippen molar-refractivity contribution in [3.63, 3.8) is 0 Å². The van der Waals surface area contributed by atoms with Gasteiger partial charge in [0.05, 0.1) is 16.7 Å². The summed E-state index contributed by atoms with van der Waals surface area (Å²) in [5.41, 5.74) is 2.72. The van der Waals surface area contributed by atoms with Crippen LogP contribution in [0.5, 0.6) is 0 Å². The fraction of sp³-hybridized carbons (Fsp3) is 0.235. The van der Waals surface area contributed by atoms with Crippen molar-refractivity contribution < 1.29 is 4.39 Å². The summed E-state index contributed by atoms with van der Waals surface area (Å²) < 4.78 is 13.9. The largest absolute Gasteiger partial charge is 0.366 e. The molecule has 0 radical (unpaired) electrons. The molecule has 4 nitrogen and oxygen atoms in total. The summed E-state index contributed by atoms with van der Waals surface area (Å²) in [5, 5.41) is 0. The lowest BCUT2D eigenvalue weighted by atomic mass is 10.2. The van der Waals surface area contributed by atoms with E-state index in [-0.39, 0.29) is 5.82 Å². The molecule has 112 valence electrons. The minimum absolute atomic E-state index is 0.153. The molecule has 1 N–H and O–H groups in total. The first-order chi connectivity index (χ1) is 10.8. The molecule has 4 rings (SSSR count). The number of H-pyrrole nitrogens is 1. The Morgan fingerprint density at radius 2 is 1.55 bits per heavy atom. The molecule has 0 amide bonds. The third kappa shape index (κ3) is 2.28. The van der Waals surface area contributed by atoms with Crippen molar-refractivity contribution in [1.82, 2.24) is 9.97 Å². The molecule has 0 unspecified atom stereocenters. The van der Waals surface area contributed by atoms with Crippen LogP contribution >= 0.6 is 0 Å². The van der Waals surface area contributed by atoms with Crippen LogP contribution in [0.15, 0.2) is 48.5 Å². The van der Waals surface area contributed by atoms with Crippen molar-refractivity contribution in [2.45, 2.75) is 0 Å². The van der Waals surface area contributed by atoms with Gasteiger partial charge in [0.1, 0.15) is 5.82 Å². The first kappa shape index (κ1) is 13.1. The summed E-state index contributed by atoms with van der Waals surface area (Å²) in [4.78, 5) is 12.3. The zero-order valence-corrected chi connectivity index (χ0v) is 12.2. The van der Waals surface area contributed by atoms with Gasteiger partial charge in [0.15, 0.2) is 0 Å². The number of fused-ring (bicyclic) bond motifs is 1. The van der Waals surface area contributed by atoms with Crippen LogP contribution in [0.2, 0.25) is 0 Å². The average molecular weight is 296 g/mol. The Bertz CT molecular complexity index is 757. The fourth-order valence-corrected chi connectivity index (χ4v) is 2.96. The molecule has 1 aromatic heterocycles. The zero-order valence-electron chi connectivity index (χ0n) is 12.2. The highest BCUT2D eigenvalue weighted by Crippen LogP contribution is 2.23. The number of imidazole rings is 1. The first-order valence-corrected chi connectivity index (χ1v) is 7.50. The number of nitrogens with zero attached hydrogens (tertiary/aromatic N) is 3. The van der Waals surface area contributed by atoms with Crippen molar-refractivity contribution in [1.29, 1.82) is 0 Å². The van der Waals surface area contributed by atoms with Gasteiger partial charge in [0, 0.05) is 26.2 Å². The molecule has 0 atom stereocenters. The second kappa shape index (κ2) is 5.33. The molecular weight excluding hydrogens is 279 g/mol. The monoisotopic (exact) mass is 296 g/mol. The van der Waals surface area contributed by atoms with Crippen molar-refractivity contribution in [3.05, 3.63) is 54.3 Å². The van der Waals surface area contributed by atoms with Crippen LogP contribution in [0.1, 0.15) is 0 Å². The SMILES string of the molecule is Fc1ccccc1N1CCN(c2nc3ccccc3[nH]2)CC1. The van der Waals surface area contributed by atoms with Crippen LogP contribution < -0.4 is 9.80 Å². The van der Waals surface area contributed by atoms with E-state index in [9.17, 15) is 4.39 Å². The number of para-hydroxylation sites is 3. The number of aromatic amines is 1. The number of aromatic nitrogens is 2. The molecule has 2 heterocycles. The number of piperazine rings is 1. The summed E-state index contributed by atoms with van der Waals surface area (Å²) in [7, 11) is 0. The molecule has 0 spiro atoms. The van der Waals surface area contributed by atoms with Crippen LogP contribution in [0.25, 0.3) is 11.0 Å². The molecule has 1 aliphatic rings. The van der Waals surface area contributed by atoms with Crippen LogP contribution in [-0.4, -0.2) is 36.1 Å². The highest BCUT2D eigenvalue weighted by Gasteiger charge is 2.21. The standard InChI is InChI=1S/C17H17FN4/c18-13-5-1-4-8-16(13)21-9-11-22(12-10-21)17-19-14-6-2-3-7-15(14)20-17/h1-8H,9-12H2,(H,19,20). The predicted molar refractivity (Wildman–Crippen MR) is 86.9 cm³/mol. The summed E-state index contributed by atoms with van der Waals surface area (Å²) in [6.45, 7) is 3.23. The molecule has 5 heteroatoms. The van der Waals surface area contributed by atoms with E-state index in [1.807, 2.05) is 36.4 Å². The number of rotatable bonds is 2. The van der Waals surface area contributed by atoms with E-state index in [4.69, 9.17) is 0 Å². The number of hydrogen-bond donors (Lipinski definition) is 1. The molecule has 0 bridgehead atoms. The molecule has 0 aliphatic carbocycles. The van der Waals surface area contributed by atoms with Gasteiger partial charge in [-0.25, -0.2) is 9.37 Å².